The van der Waals surface area contributed by atoms with Crippen molar-refractivity contribution in [3.8, 4) is 22.9 Å². The number of methoxy groups -OCH3 is 1. The van der Waals surface area contributed by atoms with Gasteiger partial charge in [0.15, 0.2) is 11.5 Å². The second kappa shape index (κ2) is 8.21. The van der Waals surface area contributed by atoms with Gasteiger partial charge in [-0.1, -0.05) is 5.16 Å². The highest BCUT2D eigenvalue weighted by molar-refractivity contribution is 5.60. The van der Waals surface area contributed by atoms with E-state index < -0.39 is 6.61 Å². The molecular formula is C16H19F2N3O4. The molecule has 25 heavy (non-hydrogen) atoms. The van der Waals surface area contributed by atoms with Crippen LogP contribution in [0.5, 0.6) is 11.5 Å². The van der Waals surface area contributed by atoms with Crippen LogP contribution in [-0.4, -0.2) is 43.1 Å². The lowest BCUT2D eigenvalue weighted by Gasteiger charge is -2.10. The summed E-state index contributed by atoms with van der Waals surface area (Å²) in [5, 5.41) is 7.11. The highest BCUT2D eigenvalue weighted by Gasteiger charge is 2.17. The van der Waals surface area contributed by atoms with E-state index in [0.717, 1.165) is 26.0 Å². The van der Waals surface area contributed by atoms with Crippen LogP contribution in [0.1, 0.15) is 18.7 Å². The van der Waals surface area contributed by atoms with Crippen molar-refractivity contribution >= 4 is 0 Å². The standard InChI is InChI=1S/C16H19F2N3O4/c1-22-13-7-10(4-5-12(13)24-16(17)18)15-20-14(25-21-15)9-19-8-11-3-2-6-23-11/h4-5,7,11,16,19H,2-3,6,8-9H2,1H3. The van der Waals surface area contributed by atoms with Crippen molar-refractivity contribution in [1.82, 2.24) is 15.5 Å². The summed E-state index contributed by atoms with van der Waals surface area (Å²) in [5.74, 6) is 0.888. The van der Waals surface area contributed by atoms with Gasteiger partial charge in [-0.2, -0.15) is 13.8 Å². The van der Waals surface area contributed by atoms with Gasteiger partial charge in [0.1, 0.15) is 0 Å². The summed E-state index contributed by atoms with van der Waals surface area (Å²) in [6.07, 6.45) is 2.37. The molecule has 0 spiro atoms. The third-order valence-electron chi connectivity index (χ3n) is 3.78. The second-order valence-electron chi connectivity index (χ2n) is 5.52. The van der Waals surface area contributed by atoms with E-state index in [0.29, 0.717) is 23.8 Å². The maximum atomic E-state index is 12.4. The smallest absolute Gasteiger partial charge is 0.387 e. The molecule has 0 aliphatic carbocycles. The van der Waals surface area contributed by atoms with E-state index in [9.17, 15) is 8.78 Å². The van der Waals surface area contributed by atoms with Crippen molar-refractivity contribution in [2.75, 3.05) is 20.3 Å². The minimum absolute atomic E-state index is 0.0526. The summed E-state index contributed by atoms with van der Waals surface area (Å²) >= 11 is 0. The summed E-state index contributed by atoms with van der Waals surface area (Å²) in [6, 6.07) is 4.47. The molecule has 1 saturated heterocycles. The molecule has 1 N–H and O–H groups in total. The molecule has 1 unspecified atom stereocenters. The summed E-state index contributed by atoms with van der Waals surface area (Å²) in [7, 11) is 1.37. The minimum atomic E-state index is -2.92. The summed E-state index contributed by atoms with van der Waals surface area (Å²) in [5.41, 5.74) is 0.576. The summed E-state index contributed by atoms with van der Waals surface area (Å²) in [6.45, 7) is -0.960. The Labute approximate surface area is 143 Å². The first-order valence-corrected chi connectivity index (χ1v) is 7.94. The fourth-order valence-corrected chi connectivity index (χ4v) is 2.59. The molecule has 1 aliphatic heterocycles. The van der Waals surface area contributed by atoms with Crippen LogP contribution in [0.2, 0.25) is 0 Å². The first-order valence-electron chi connectivity index (χ1n) is 7.94. The van der Waals surface area contributed by atoms with Gasteiger partial charge in [0.05, 0.1) is 19.8 Å². The molecule has 0 radical (unpaired) electrons. The Morgan fingerprint density at radius 3 is 2.96 bits per heavy atom. The van der Waals surface area contributed by atoms with Gasteiger partial charge in [0.2, 0.25) is 11.7 Å². The topological polar surface area (TPSA) is 78.6 Å². The first kappa shape index (κ1) is 17.6. The van der Waals surface area contributed by atoms with Crippen LogP contribution in [0.25, 0.3) is 11.4 Å². The Kier molecular flexibility index (Phi) is 5.77. The Morgan fingerprint density at radius 2 is 2.24 bits per heavy atom. The molecule has 1 fully saturated rings. The number of hydrogen-bond donors (Lipinski definition) is 1. The minimum Gasteiger partial charge on any atom is -0.493 e. The third kappa shape index (κ3) is 4.64. The Balaban J connectivity index is 1.62. The van der Waals surface area contributed by atoms with Crippen molar-refractivity contribution in [3.05, 3.63) is 24.1 Å². The van der Waals surface area contributed by atoms with Gasteiger partial charge < -0.3 is 24.1 Å². The predicted molar refractivity (Wildman–Crippen MR) is 83.6 cm³/mol. The van der Waals surface area contributed by atoms with Crippen LogP contribution in [0.4, 0.5) is 8.78 Å². The SMILES string of the molecule is COc1cc(-c2noc(CNCC3CCCO3)n2)ccc1OC(F)F. The molecular weight excluding hydrogens is 336 g/mol. The number of benzene rings is 1. The van der Waals surface area contributed by atoms with Crippen LogP contribution in [-0.2, 0) is 11.3 Å². The van der Waals surface area contributed by atoms with Gasteiger partial charge in [-0.05, 0) is 31.0 Å². The van der Waals surface area contributed by atoms with Gasteiger partial charge in [-0.25, -0.2) is 0 Å². The second-order valence-corrected chi connectivity index (χ2v) is 5.52. The van der Waals surface area contributed by atoms with Crippen molar-refractivity contribution in [3.63, 3.8) is 0 Å². The molecule has 3 rings (SSSR count). The summed E-state index contributed by atoms with van der Waals surface area (Å²) < 4.78 is 44.9. The molecule has 1 aromatic carbocycles. The van der Waals surface area contributed by atoms with Crippen molar-refractivity contribution < 1.29 is 27.5 Å². The first-order chi connectivity index (χ1) is 12.2. The van der Waals surface area contributed by atoms with Crippen molar-refractivity contribution in [2.45, 2.75) is 32.1 Å². The third-order valence-corrected chi connectivity index (χ3v) is 3.78. The van der Waals surface area contributed by atoms with Crippen LogP contribution >= 0.6 is 0 Å². The molecule has 0 saturated carbocycles. The summed E-state index contributed by atoms with van der Waals surface area (Å²) in [4.78, 5) is 4.29. The highest BCUT2D eigenvalue weighted by atomic mass is 19.3. The van der Waals surface area contributed by atoms with E-state index in [1.807, 2.05) is 0 Å². The number of alkyl halides is 2. The molecule has 0 bridgehead atoms. The van der Waals surface area contributed by atoms with Gasteiger partial charge in [0, 0.05) is 18.7 Å². The lowest BCUT2D eigenvalue weighted by molar-refractivity contribution is -0.0512. The maximum Gasteiger partial charge on any atom is 0.387 e. The number of rotatable bonds is 8. The van der Waals surface area contributed by atoms with Crippen LogP contribution in [0, 0.1) is 0 Å². The van der Waals surface area contributed by atoms with E-state index in [-0.39, 0.29) is 17.6 Å². The molecule has 7 nitrogen and oxygen atoms in total. The van der Waals surface area contributed by atoms with Gasteiger partial charge >= 0.3 is 6.61 Å². The Bertz CT molecular complexity index is 690. The maximum absolute atomic E-state index is 12.4. The van der Waals surface area contributed by atoms with Gasteiger partial charge in [-0.3, -0.25) is 0 Å². The fourth-order valence-electron chi connectivity index (χ4n) is 2.59. The number of halogens is 2. The normalized spacial score (nSPS) is 17.2. The quantitative estimate of drug-likeness (QED) is 0.780. The lowest BCUT2D eigenvalue weighted by atomic mass is 10.2. The molecule has 136 valence electrons. The van der Waals surface area contributed by atoms with Crippen LogP contribution in [0.3, 0.4) is 0 Å². The zero-order valence-electron chi connectivity index (χ0n) is 13.7. The largest absolute Gasteiger partial charge is 0.493 e. The van der Waals surface area contributed by atoms with Gasteiger partial charge in [-0.15, -0.1) is 0 Å². The van der Waals surface area contributed by atoms with Crippen LogP contribution in [0.15, 0.2) is 22.7 Å². The molecule has 1 atom stereocenters. The highest BCUT2D eigenvalue weighted by Crippen LogP contribution is 2.32. The Morgan fingerprint density at radius 1 is 1.36 bits per heavy atom. The molecule has 0 amide bonds. The molecule has 2 heterocycles. The van der Waals surface area contributed by atoms with Crippen molar-refractivity contribution in [2.24, 2.45) is 0 Å². The zero-order chi connectivity index (χ0) is 17.6. The van der Waals surface area contributed by atoms with E-state index in [2.05, 4.69) is 20.2 Å². The number of nitrogens with zero attached hydrogens (tertiary/aromatic N) is 2. The van der Waals surface area contributed by atoms with E-state index in [4.69, 9.17) is 14.0 Å². The van der Waals surface area contributed by atoms with E-state index >= 15 is 0 Å². The lowest BCUT2D eigenvalue weighted by Crippen LogP contribution is -2.25. The average molecular weight is 355 g/mol. The molecule has 1 aliphatic rings. The predicted octanol–water partition coefficient (Wildman–Crippen LogP) is 2.62. The average Bonchev–Trinajstić information content (AvgIpc) is 3.27. The zero-order valence-corrected chi connectivity index (χ0v) is 13.7. The van der Waals surface area contributed by atoms with Crippen molar-refractivity contribution in [1.29, 1.82) is 0 Å². The Hall–Kier alpha value is -2.26. The molecule has 1 aromatic heterocycles. The van der Waals surface area contributed by atoms with E-state index in [1.165, 1.54) is 19.2 Å². The van der Waals surface area contributed by atoms with E-state index in [1.54, 1.807) is 6.07 Å². The number of nitrogens with one attached hydrogen (secondary N) is 1. The monoisotopic (exact) mass is 355 g/mol. The van der Waals surface area contributed by atoms with Gasteiger partial charge in [0.25, 0.3) is 0 Å². The van der Waals surface area contributed by atoms with Crippen LogP contribution < -0.4 is 14.8 Å². The fraction of sp³-hybridized carbons (Fsp3) is 0.500. The molecule has 9 heteroatoms. The number of ether oxygens (including phenoxy) is 3. The molecule has 2 aromatic rings. The number of hydrogen-bond acceptors (Lipinski definition) is 7. The number of aromatic nitrogens is 2.